The van der Waals surface area contributed by atoms with Gasteiger partial charge in [0.25, 0.3) is 0 Å². The Bertz CT molecular complexity index is 467. The summed E-state index contributed by atoms with van der Waals surface area (Å²) in [5, 5.41) is 8.93. The lowest BCUT2D eigenvalue weighted by molar-refractivity contribution is 0.149. The fourth-order valence-electron chi connectivity index (χ4n) is 2.78. The summed E-state index contributed by atoms with van der Waals surface area (Å²) >= 11 is 0. The van der Waals surface area contributed by atoms with Crippen LogP contribution in [-0.4, -0.2) is 18.1 Å². The lowest BCUT2D eigenvalue weighted by Crippen LogP contribution is -2.30. The summed E-state index contributed by atoms with van der Waals surface area (Å²) in [4.78, 5) is 4.31. The number of aromatic nitrogens is 1. The highest BCUT2D eigenvalue weighted by Gasteiger charge is 2.24. The second-order valence-electron chi connectivity index (χ2n) is 5.30. The summed E-state index contributed by atoms with van der Waals surface area (Å²) in [6.45, 7) is 3.26. The Hall–Kier alpha value is -1.60. The van der Waals surface area contributed by atoms with Crippen molar-refractivity contribution in [2.75, 3.05) is 13.2 Å². The van der Waals surface area contributed by atoms with E-state index in [9.17, 15) is 0 Å². The first-order valence-corrected chi connectivity index (χ1v) is 6.94. The zero-order chi connectivity index (χ0) is 13.7. The summed E-state index contributed by atoms with van der Waals surface area (Å²) < 4.78 is 5.78. The van der Waals surface area contributed by atoms with Crippen molar-refractivity contribution in [2.45, 2.75) is 32.6 Å². The fourth-order valence-corrected chi connectivity index (χ4v) is 2.78. The number of nitrogens with two attached hydrogens (primary N) is 1. The summed E-state index contributed by atoms with van der Waals surface area (Å²) in [5.41, 5.74) is 7.23. The molecule has 0 aliphatic heterocycles. The van der Waals surface area contributed by atoms with Gasteiger partial charge in [0.05, 0.1) is 18.2 Å². The molecule has 1 aliphatic rings. The van der Waals surface area contributed by atoms with Crippen molar-refractivity contribution in [3.63, 3.8) is 0 Å². The maximum atomic E-state index is 8.93. The Balaban J connectivity index is 1.98. The highest BCUT2D eigenvalue weighted by molar-refractivity contribution is 5.34. The minimum Gasteiger partial charge on any atom is -0.477 e. The van der Waals surface area contributed by atoms with E-state index >= 15 is 0 Å². The van der Waals surface area contributed by atoms with Crippen LogP contribution in [0.4, 0.5) is 0 Å². The van der Waals surface area contributed by atoms with Gasteiger partial charge in [-0.05, 0) is 44.2 Å². The number of nitriles is 1. The third kappa shape index (κ3) is 3.68. The van der Waals surface area contributed by atoms with Crippen LogP contribution in [-0.2, 0) is 0 Å². The normalized spacial score (nSPS) is 22.8. The third-order valence-corrected chi connectivity index (χ3v) is 3.87. The molecule has 1 aromatic rings. The lowest BCUT2D eigenvalue weighted by Gasteiger charge is -2.30. The molecule has 2 N–H and O–H groups in total. The first kappa shape index (κ1) is 13.8. The first-order chi connectivity index (χ1) is 9.22. The van der Waals surface area contributed by atoms with Crippen molar-refractivity contribution in [2.24, 2.45) is 17.6 Å². The van der Waals surface area contributed by atoms with E-state index in [-0.39, 0.29) is 0 Å². The molecule has 0 spiro atoms. The molecule has 0 amide bonds. The van der Waals surface area contributed by atoms with Gasteiger partial charge in [0.15, 0.2) is 0 Å². The van der Waals surface area contributed by atoms with E-state index in [4.69, 9.17) is 15.7 Å². The SMILES string of the molecule is Cc1cc(C#N)cc(OCC2CCCCC2CN)n1. The number of hydrogen-bond donors (Lipinski definition) is 1. The topological polar surface area (TPSA) is 71.9 Å². The zero-order valence-electron chi connectivity index (χ0n) is 11.4. The highest BCUT2D eigenvalue weighted by atomic mass is 16.5. The zero-order valence-corrected chi connectivity index (χ0v) is 11.4. The first-order valence-electron chi connectivity index (χ1n) is 6.94. The van der Waals surface area contributed by atoms with E-state index in [1.165, 1.54) is 25.7 Å². The van der Waals surface area contributed by atoms with Crippen molar-refractivity contribution in [1.29, 1.82) is 5.26 Å². The van der Waals surface area contributed by atoms with Crippen molar-refractivity contribution < 1.29 is 4.74 Å². The van der Waals surface area contributed by atoms with Crippen LogP contribution < -0.4 is 10.5 Å². The molecule has 1 aliphatic carbocycles. The van der Waals surface area contributed by atoms with E-state index in [0.29, 0.717) is 29.9 Å². The molecule has 19 heavy (non-hydrogen) atoms. The predicted molar refractivity (Wildman–Crippen MR) is 73.7 cm³/mol. The Morgan fingerprint density at radius 2 is 2.11 bits per heavy atom. The van der Waals surface area contributed by atoms with E-state index in [2.05, 4.69) is 11.1 Å². The number of hydrogen-bond acceptors (Lipinski definition) is 4. The molecule has 1 aromatic heterocycles. The smallest absolute Gasteiger partial charge is 0.214 e. The molecule has 0 radical (unpaired) electrons. The molecule has 4 nitrogen and oxygen atoms in total. The van der Waals surface area contributed by atoms with Gasteiger partial charge in [-0.15, -0.1) is 0 Å². The molecular weight excluding hydrogens is 238 g/mol. The number of ether oxygens (including phenoxy) is 1. The van der Waals surface area contributed by atoms with E-state index in [0.717, 1.165) is 12.2 Å². The molecule has 2 unspecified atom stereocenters. The summed E-state index contributed by atoms with van der Waals surface area (Å²) in [6, 6.07) is 5.59. The van der Waals surface area contributed by atoms with Gasteiger partial charge in [0, 0.05) is 11.8 Å². The van der Waals surface area contributed by atoms with Crippen LogP contribution in [0.5, 0.6) is 5.88 Å². The van der Waals surface area contributed by atoms with Crippen molar-refractivity contribution in [3.05, 3.63) is 23.4 Å². The number of aryl methyl sites for hydroxylation is 1. The molecule has 0 saturated heterocycles. The van der Waals surface area contributed by atoms with Gasteiger partial charge in [-0.2, -0.15) is 5.26 Å². The molecule has 1 fully saturated rings. The van der Waals surface area contributed by atoms with E-state index in [1.54, 1.807) is 12.1 Å². The van der Waals surface area contributed by atoms with E-state index < -0.39 is 0 Å². The molecule has 102 valence electrons. The predicted octanol–water partition coefficient (Wildman–Crippen LogP) is 2.41. The van der Waals surface area contributed by atoms with Gasteiger partial charge in [-0.3, -0.25) is 0 Å². The average Bonchev–Trinajstić information content (AvgIpc) is 2.44. The Morgan fingerprint density at radius 1 is 1.37 bits per heavy atom. The van der Waals surface area contributed by atoms with Gasteiger partial charge < -0.3 is 10.5 Å². The van der Waals surface area contributed by atoms with Crippen LogP contribution in [0.1, 0.15) is 36.9 Å². The largest absolute Gasteiger partial charge is 0.477 e. The van der Waals surface area contributed by atoms with Gasteiger partial charge in [0.2, 0.25) is 5.88 Å². The van der Waals surface area contributed by atoms with Crippen LogP contribution in [0.15, 0.2) is 12.1 Å². The number of pyridine rings is 1. The maximum Gasteiger partial charge on any atom is 0.214 e. The van der Waals surface area contributed by atoms with Crippen LogP contribution in [0.2, 0.25) is 0 Å². The molecule has 1 saturated carbocycles. The summed E-state index contributed by atoms with van der Waals surface area (Å²) in [7, 11) is 0. The summed E-state index contributed by atoms with van der Waals surface area (Å²) in [5.74, 6) is 1.64. The van der Waals surface area contributed by atoms with Gasteiger partial charge in [-0.25, -0.2) is 4.98 Å². The molecule has 4 heteroatoms. The Labute approximate surface area is 114 Å². The van der Waals surface area contributed by atoms with Crippen LogP contribution in [0.25, 0.3) is 0 Å². The molecule has 0 aromatic carbocycles. The van der Waals surface area contributed by atoms with Gasteiger partial charge in [0.1, 0.15) is 0 Å². The van der Waals surface area contributed by atoms with Crippen molar-refractivity contribution in [3.8, 4) is 11.9 Å². The van der Waals surface area contributed by atoms with E-state index in [1.807, 2.05) is 6.92 Å². The quantitative estimate of drug-likeness (QED) is 0.901. The molecule has 1 heterocycles. The highest BCUT2D eigenvalue weighted by Crippen LogP contribution is 2.29. The average molecular weight is 259 g/mol. The van der Waals surface area contributed by atoms with Gasteiger partial charge in [-0.1, -0.05) is 12.8 Å². The van der Waals surface area contributed by atoms with Crippen LogP contribution >= 0.6 is 0 Å². The second-order valence-corrected chi connectivity index (χ2v) is 5.30. The lowest BCUT2D eigenvalue weighted by atomic mass is 9.80. The third-order valence-electron chi connectivity index (χ3n) is 3.87. The number of rotatable bonds is 4. The van der Waals surface area contributed by atoms with Crippen LogP contribution in [0.3, 0.4) is 0 Å². The second kappa shape index (κ2) is 6.53. The van der Waals surface area contributed by atoms with Crippen LogP contribution in [0, 0.1) is 30.1 Å². The van der Waals surface area contributed by atoms with Gasteiger partial charge >= 0.3 is 0 Å². The standard InChI is InChI=1S/C15H21N3O/c1-11-6-12(8-16)7-15(18-11)19-10-14-5-3-2-4-13(14)9-17/h6-7,13-14H,2-5,9-10,17H2,1H3. The van der Waals surface area contributed by atoms with Crippen molar-refractivity contribution in [1.82, 2.24) is 4.98 Å². The fraction of sp³-hybridized carbons (Fsp3) is 0.600. The minimum absolute atomic E-state index is 0.520. The molecule has 2 atom stereocenters. The molecular formula is C15H21N3O. The summed E-state index contributed by atoms with van der Waals surface area (Å²) in [6.07, 6.45) is 4.92. The monoisotopic (exact) mass is 259 g/mol. The maximum absolute atomic E-state index is 8.93. The molecule has 0 bridgehead atoms. The Morgan fingerprint density at radius 3 is 2.79 bits per heavy atom. The van der Waals surface area contributed by atoms with Crippen molar-refractivity contribution >= 4 is 0 Å². The minimum atomic E-state index is 0.520. The number of nitrogens with zero attached hydrogens (tertiary/aromatic N) is 2. The Kier molecular flexibility index (Phi) is 4.75. The molecule has 2 rings (SSSR count).